The number of hydrogen-bond acceptors (Lipinski definition) is 4. The number of carbonyl (C=O) groups is 3. The van der Waals surface area contributed by atoms with Crippen molar-refractivity contribution >= 4 is 17.8 Å². The zero-order valence-corrected chi connectivity index (χ0v) is 9.23. The molecule has 1 unspecified atom stereocenters. The van der Waals surface area contributed by atoms with Crippen LogP contribution >= 0.6 is 0 Å². The molecule has 0 bridgehead atoms. The van der Waals surface area contributed by atoms with E-state index >= 15 is 0 Å². The minimum absolute atomic E-state index is 0.0362. The average molecular weight is 241 g/mol. The highest BCUT2D eigenvalue weighted by molar-refractivity contribution is 5.85. The molecule has 17 heavy (non-hydrogen) atoms. The summed E-state index contributed by atoms with van der Waals surface area (Å²) in [5.41, 5.74) is 4.89. The van der Waals surface area contributed by atoms with Crippen molar-refractivity contribution in [2.45, 2.75) is 18.9 Å². The molecule has 0 rings (SSSR count). The Morgan fingerprint density at radius 3 is 2.53 bits per heavy atom. The molecule has 0 aromatic heterocycles. The summed E-state index contributed by atoms with van der Waals surface area (Å²) in [6, 6.07) is -1.12. The number of hydrogen-bond donors (Lipinski definition) is 4. The highest BCUT2D eigenvalue weighted by Gasteiger charge is 2.19. The highest BCUT2D eigenvalue weighted by atomic mass is 16.4. The molecule has 0 saturated carbocycles. The lowest BCUT2D eigenvalue weighted by atomic mass is 10.1. The van der Waals surface area contributed by atoms with E-state index in [-0.39, 0.29) is 25.9 Å². The van der Waals surface area contributed by atoms with Crippen LogP contribution in [0.3, 0.4) is 0 Å². The molecule has 7 nitrogen and oxygen atoms in total. The number of nitrogens with one attached hydrogen (secondary N) is 2. The van der Waals surface area contributed by atoms with E-state index in [9.17, 15) is 14.4 Å². The number of terminal acetylenes is 1. The summed E-state index contributed by atoms with van der Waals surface area (Å²) in [5, 5.41) is 13.7. The zero-order chi connectivity index (χ0) is 13.3. The van der Waals surface area contributed by atoms with E-state index in [1.165, 1.54) is 0 Å². The van der Waals surface area contributed by atoms with Crippen LogP contribution in [0.1, 0.15) is 12.8 Å². The first-order valence-corrected chi connectivity index (χ1v) is 4.92. The number of nitrogens with two attached hydrogens (primary N) is 1. The molecule has 7 heteroatoms. The van der Waals surface area contributed by atoms with Crippen molar-refractivity contribution in [3.8, 4) is 12.3 Å². The summed E-state index contributed by atoms with van der Waals surface area (Å²) in [6.07, 6.45) is 4.82. The molecule has 0 spiro atoms. The fraction of sp³-hybridized carbons (Fsp3) is 0.500. The second-order valence-corrected chi connectivity index (χ2v) is 3.27. The Hall–Kier alpha value is -2.07. The van der Waals surface area contributed by atoms with E-state index in [2.05, 4.69) is 16.6 Å². The number of aliphatic carboxylic acids is 1. The maximum absolute atomic E-state index is 11.3. The van der Waals surface area contributed by atoms with Crippen molar-refractivity contribution < 1.29 is 19.5 Å². The van der Waals surface area contributed by atoms with Crippen LogP contribution in [0.2, 0.25) is 0 Å². The van der Waals surface area contributed by atoms with Crippen molar-refractivity contribution in [1.82, 2.24) is 10.6 Å². The fourth-order valence-corrected chi connectivity index (χ4v) is 1.04. The zero-order valence-electron chi connectivity index (χ0n) is 9.23. The van der Waals surface area contributed by atoms with Crippen LogP contribution in [-0.2, 0) is 14.4 Å². The lowest BCUT2D eigenvalue weighted by molar-refractivity contribution is -0.142. The molecule has 0 saturated heterocycles. The molecule has 0 aliphatic carbocycles. The van der Waals surface area contributed by atoms with E-state index in [0.29, 0.717) is 0 Å². The molecule has 0 radical (unpaired) electrons. The van der Waals surface area contributed by atoms with E-state index in [4.69, 9.17) is 17.3 Å². The molecule has 0 aliphatic heterocycles. The molecule has 1 atom stereocenters. The van der Waals surface area contributed by atoms with Crippen LogP contribution in [0.4, 0.5) is 0 Å². The highest BCUT2D eigenvalue weighted by Crippen LogP contribution is 1.97. The van der Waals surface area contributed by atoms with E-state index in [1.54, 1.807) is 0 Å². The van der Waals surface area contributed by atoms with Crippen molar-refractivity contribution in [3.63, 3.8) is 0 Å². The van der Waals surface area contributed by atoms with E-state index in [1.807, 2.05) is 0 Å². The molecule has 2 amide bonds. The Balaban J connectivity index is 4.07. The topological polar surface area (TPSA) is 122 Å². The third-order valence-electron chi connectivity index (χ3n) is 1.83. The maximum Gasteiger partial charge on any atom is 0.326 e. The van der Waals surface area contributed by atoms with Crippen LogP contribution in [0, 0.1) is 12.3 Å². The quantitative estimate of drug-likeness (QED) is 0.290. The Bertz CT molecular complexity index is 335. The fourth-order valence-electron chi connectivity index (χ4n) is 1.04. The second kappa shape index (κ2) is 8.13. The van der Waals surface area contributed by atoms with Gasteiger partial charge in [0.1, 0.15) is 6.04 Å². The van der Waals surface area contributed by atoms with E-state index < -0.39 is 23.8 Å². The van der Waals surface area contributed by atoms with Crippen molar-refractivity contribution in [1.29, 1.82) is 0 Å². The largest absolute Gasteiger partial charge is 0.480 e. The van der Waals surface area contributed by atoms with Crippen LogP contribution in [0.15, 0.2) is 0 Å². The molecule has 94 valence electrons. The molecule has 0 fully saturated rings. The van der Waals surface area contributed by atoms with Gasteiger partial charge >= 0.3 is 5.97 Å². The van der Waals surface area contributed by atoms with E-state index in [0.717, 1.165) is 0 Å². The van der Waals surface area contributed by atoms with Crippen LogP contribution in [0.25, 0.3) is 0 Å². The Labute approximate surface area is 98.7 Å². The van der Waals surface area contributed by atoms with Gasteiger partial charge in [0.05, 0.1) is 13.1 Å². The molecule has 5 N–H and O–H groups in total. The normalized spacial score (nSPS) is 11.2. The van der Waals surface area contributed by atoms with Gasteiger partial charge in [-0.3, -0.25) is 14.9 Å². The molecule has 0 heterocycles. The number of primary amides is 1. The number of carboxylic acid groups (broad SMARTS) is 1. The first-order chi connectivity index (χ1) is 7.97. The lowest BCUT2D eigenvalue weighted by Crippen LogP contribution is -2.45. The molecule has 0 aromatic carbocycles. The molecule has 0 aliphatic rings. The first-order valence-electron chi connectivity index (χ1n) is 4.92. The summed E-state index contributed by atoms with van der Waals surface area (Å²) in [4.78, 5) is 32.5. The third kappa shape index (κ3) is 7.81. The Morgan fingerprint density at radius 1 is 1.41 bits per heavy atom. The molecular formula is C10H15N3O4. The number of amides is 2. The van der Waals surface area contributed by atoms with Crippen molar-refractivity contribution in [2.75, 3.05) is 13.1 Å². The third-order valence-corrected chi connectivity index (χ3v) is 1.83. The van der Waals surface area contributed by atoms with Gasteiger partial charge in [-0.2, -0.15) is 0 Å². The Morgan fingerprint density at radius 2 is 2.06 bits per heavy atom. The summed E-state index contributed by atoms with van der Waals surface area (Å²) in [7, 11) is 0. The lowest BCUT2D eigenvalue weighted by Gasteiger charge is -2.13. The van der Waals surface area contributed by atoms with Gasteiger partial charge in [-0.05, 0) is 6.42 Å². The summed E-state index contributed by atoms with van der Waals surface area (Å²) in [5.74, 6) is -0.0584. The maximum atomic E-state index is 11.3. The van der Waals surface area contributed by atoms with Gasteiger partial charge in [-0.1, -0.05) is 5.92 Å². The molecule has 0 aromatic rings. The van der Waals surface area contributed by atoms with Crippen LogP contribution < -0.4 is 16.4 Å². The number of carboxylic acids is 1. The van der Waals surface area contributed by atoms with Gasteiger partial charge < -0.3 is 16.2 Å². The SMILES string of the molecule is C#CCNCC(=O)NC(CCC(N)=O)C(=O)O. The first kappa shape index (κ1) is 14.9. The van der Waals surface area contributed by atoms with Gasteiger partial charge in [0.15, 0.2) is 0 Å². The van der Waals surface area contributed by atoms with Crippen LogP contribution in [-0.4, -0.2) is 42.0 Å². The minimum atomic E-state index is -1.21. The summed E-state index contributed by atoms with van der Waals surface area (Å²) >= 11 is 0. The second-order valence-electron chi connectivity index (χ2n) is 3.27. The Kier molecular flexibility index (Phi) is 7.14. The van der Waals surface area contributed by atoms with Crippen LogP contribution in [0.5, 0.6) is 0 Å². The standard InChI is InChI=1S/C10H15N3O4/c1-2-5-12-6-9(15)13-7(10(16)17)3-4-8(11)14/h1,7,12H,3-6H2,(H2,11,14)(H,13,15)(H,16,17). The van der Waals surface area contributed by atoms with Crippen molar-refractivity contribution in [3.05, 3.63) is 0 Å². The summed E-state index contributed by atoms with van der Waals surface area (Å²) in [6.45, 7) is 0.136. The summed E-state index contributed by atoms with van der Waals surface area (Å²) < 4.78 is 0. The van der Waals surface area contributed by atoms with Gasteiger partial charge in [0.2, 0.25) is 11.8 Å². The predicted octanol–water partition coefficient (Wildman–Crippen LogP) is -1.96. The predicted molar refractivity (Wildman–Crippen MR) is 59.7 cm³/mol. The number of rotatable bonds is 8. The minimum Gasteiger partial charge on any atom is -0.480 e. The average Bonchev–Trinajstić information content (AvgIpc) is 2.23. The van der Waals surface area contributed by atoms with Gasteiger partial charge in [-0.15, -0.1) is 6.42 Å². The van der Waals surface area contributed by atoms with Gasteiger partial charge in [-0.25, -0.2) is 4.79 Å². The van der Waals surface area contributed by atoms with Gasteiger partial charge in [0.25, 0.3) is 0 Å². The molecular weight excluding hydrogens is 226 g/mol. The van der Waals surface area contributed by atoms with Crippen molar-refractivity contribution in [2.24, 2.45) is 5.73 Å². The number of carbonyl (C=O) groups excluding carboxylic acids is 2. The monoisotopic (exact) mass is 241 g/mol. The van der Waals surface area contributed by atoms with Gasteiger partial charge in [0, 0.05) is 6.42 Å². The smallest absolute Gasteiger partial charge is 0.326 e.